The molecule has 0 amide bonds. The molecule has 1 aliphatic rings. The van der Waals surface area contributed by atoms with E-state index in [-0.39, 0.29) is 0 Å². The summed E-state index contributed by atoms with van der Waals surface area (Å²) in [5.41, 5.74) is -0.523. The lowest BCUT2D eigenvalue weighted by Gasteiger charge is -2.36. The first-order chi connectivity index (χ1) is 7.22. The van der Waals surface area contributed by atoms with E-state index in [9.17, 15) is 5.11 Å². The summed E-state index contributed by atoms with van der Waals surface area (Å²) in [6.45, 7) is 0.563. The number of methoxy groups -OCH3 is 1. The molecule has 4 nitrogen and oxygen atoms in total. The number of hydrogen-bond acceptors (Lipinski definition) is 4. The molecule has 0 aromatic carbocycles. The molecular formula is C11H16N2O2. The molecule has 1 aliphatic carbocycles. The Kier molecular flexibility index (Phi) is 2.77. The number of nitrogens with zero attached hydrogens (tertiary/aromatic N) is 1. The van der Waals surface area contributed by atoms with E-state index in [0.717, 1.165) is 25.1 Å². The quantitative estimate of drug-likeness (QED) is 0.785. The Balaban J connectivity index is 1.92. The molecule has 1 fully saturated rings. The van der Waals surface area contributed by atoms with Gasteiger partial charge in [-0.05, 0) is 25.3 Å². The van der Waals surface area contributed by atoms with Crippen molar-refractivity contribution in [1.29, 1.82) is 0 Å². The molecule has 2 rings (SSSR count). The summed E-state index contributed by atoms with van der Waals surface area (Å²) in [6.07, 6.45) is 2.87. The molecule has 1 aromatic rings. The summed E-state index contributed by atoms with van der Waals surface area (Å²) in [5, 5.41) is 13.0. The third-order valence-electron chi connectivity index (χ3n) is 2.82. The SMILES string of the molecule is COc1cccc(NCC2(O)CCC2)n1. The lowest BCUT2D eigenvalue weighted by Crippen LogP contribution is -2.43. The van der Waals surface area contributed by atoms with Crippen LogP contribution in [0.4, 0.5) is 5.82 Å². The number of nitrogens with one attached hydrogen (secondary N) is 1. The van der Waals surface area contributed by atoms with Gasteiger partial charge in [0.1, 0.15) is 5.82 Å². The predicted octanol–water partition coefficient (Wildman–Crippen LogP) is 1.42. The summed E-state index contributed by atoms with van der Waals surface area (Å²) in [7, 11) is 1.59. The van der Waals surface area contributed by atoms with Crippen LogP contribution in [0.5, 0.6) is 5.88 Å². The minimum absolute atomic E-state index is 0.523. The number of pyridine rings is 1. The van der Waals surface area contributed by atoms with Crippen LogP contribution in [0.15, 0.2) is 18.2 Å². The van der Waals surface area contributed by atoms with Crippen molar-refractivity contribution < 1.29 is 9.84 Å². The van der Waals surface area contributed by atoms with E-state index in [4.69, 9.17) is 4.74 Å². The fourth-order valence-electron chi connectivity index (χ4n) is 1.64. The number of aliphatic hydroxyl groups is 1. The fraction of sp³-hybridized carbons (Fsp3) is 0.545. The normalized spacial score (nSPS) is 18.0. The topological polar surface area (TPSA) is 54.4 Å². The van der Waals surface area contributed by atoms with E-state index in [1.54, 1.807) is 13.2 Å². The summed E-state index contributed by atoms with van der Waals surface area (Å²) < 4.78 is 5.01. The van der Waals surface area contributed by atoms with Gasteiger partial charge in [-0.2, -0.15) is 4.98 Å². The standard InChI is InChI=1S/C11H16N2O2/c1-15-10-5-2-4-9(13-10)12-8-11(14)6-3-7-11/h2,4-5,14H,3,6-8H2,1H3,(H,12,13). The highest BCUT2D eigenvalue weighted by Gasteiger charge is 2.33. The molecule has 0 saturated heterocycles. The molecule has 15 heavy (non-hydrogen) atoms. The van der Waals surface area contributed by atoms with Crippen LogP contribution in [0.2, 0.25) is 0 Å². The van der Waals surface area contributed by atoms with Crippen molar-refractivity contribution in [2.45, 2.75) is 24.9 Å². The number of aromatic nitrogens is 1. The number of hydrogen-bond donors (Lipinski definition) is 2. The van der Waals surface area contributed by atoms with Crippen LogP contribution in [0, 0.1) is 0 Å². The molecule has 4 heteroatoms. The first-order valence-corrected chi connectivity index (χ1v) is 5.19. The zero-order valence-electron chi connectivity index (χ0n) is 8.86. The second kappa shape index (κ2) is 4.06. The van der Waals surface area contributed by atoms with Crippen molar-refractivity contribution in [1.82, 2.24) is 4.98 Å². The second-order valence-electron chi connectivity index (χ2n) is 4.00. The summed E-state index contributed by atoms with van der Waals surface area (Å²) in [5.74, 6) is 1.33. The average Bonchev–Trinajstić information content (AvgIpc) is 2.24. The second-order valence-corrected chi connectivity index (χ2v) is 4.00. The highest BCUT2D eigenvalue weighted by atomic mass is 16.5. The van der Waals surface area contributed by atoms with Crippen LogP contribution in [0.3, 0.4) is 0 Å². The zero-order valence-corrected chi connectivity index (χ0v) is 8.86. The molecule has 0 radical (unpaired) electrons. The smallest absolute Gasteiger partial charge is 0.214 e. The molecule has 1 saturated carbocycles. The van der Waals surface area contributed by atoms with E-state index in [1.807, 2.05) is 12.1 Å². The Morgan fingerprint density at radius 3 is 2.93 bits per heavy atom. The molecule has 1 heterocycles. The van der Waals surface area contributed by atoms with Crippen molar-refractivity contribution in [2.24, 2.45) is 0 Å². The number of anilines is 1. The Morgan fingerprint density at radius 2 is 2.33 bits per heavy atom. The van der Waals surface area contributed by atoms with Crippen LogP contribution in [0.1, 0.15) is 19.3 Å². The lowest BCUT2D eigenvalue weighted by atomic mass is 9.80. The molecule has 1 aromatic heterocycles. The van der Waals surface area contributed by atoms with Crippen molar-refractivity contribution in [3.05, 3.63) is 18.2 Å². The molecule has 0 aliphatic heterocycles. The maximum atomic E-state index is 9.88. The van der Waals surface area contributed by atoms with Gasteiger partial charge in [0, 0.05) is 12.6 Å². The van der Waals surface area contributed by atoms with E-state index >= 15 is 0 Å². The maximum absolute atomic E-state index is 9.88. The van der Waals surface area contributed by atoms with Crippen LogP contribution in [-0.2, 0) is 0 Å². The number of rotatable bonds is 4. The predicted molar refractivity (Wildman–Crippen MR) is 58.1 cm³/mol. The summed E-state index contributed by atoms with van der Waals surface area (Å²) in [6, 6.07) is 5.53. The van der Waals surface area contributed by atoms with Crippen LogP contribution >= 0.6 is 0 Å². The highest BCUT2D eigenvalue weighted by Crippen LogP contribution is 2.31. The summed E-state index contributed by atoms with van der Waals surface area (Å²) in [4.78, 5) is 4.21. The van der Waals surface area contributed by atoms with Gasteiger partial charge in [0.25, 0.3) is 0 Å². The molecule has 0 unspecified atom stereocenters. The fourth-order valence-corrected chi connectivity index (χ4v) is 1.64. The molecule has 0 atom stereocenters. The van der Waals surface area contributed by atoms with Gasteiger partial charge in [-0.1, -0.05) is 6.07 Å². The van der Waals surface area contributed by atoms with E-state index in [0.29, 0.717) is 12.4 Å². The van der Waals surface area contributed by atoms with E-state index in [2.05, 4.69) is 10.3 Å². The monoisotopic (exact) mass is 208 g/mol. The van der Waals surface area contributed by atoms with Gasteiger partial charge in [0.15, 0.2) is 0 Å². The van der Waals surface area contributed by atoms with Gasteiger partial charge in [-0.3, -0.25) is 0 Å². The van der Waals surface area contributed by atoms with Crippen molar-refractivity contribution in [3.8, 4) is 5.88 Å². The minimum atomic E-state index is -0.523. The lowest BCUT2D eigenvalue weighted by molar-refractivity contribution is -0.0202. The van der Waals surface area contributed by atoms with Gasteiger partial charge in [-0.25, -0.2) is 0 Å². The minimum Gasteiger partial charge on any atom is -0.481 e. The highest BCUT2D eigenvalue weighted by molar-refractivity contribution is 5.37. The number of ether oxygens (including phenoxy) is 1. The molecule has 82 valence electrons. The molecule has 2 N–H and O–H groups in total. The van der Waals surface area contributed by atoms with Crippen molar-refractivity contribution in [3.63, 3.8) is 0 Å². The maximum Gasteiger partial charge on any atom is 0.214 e. The largest absolute Gasteiger partial charge is 0.481 e. The van der Waals surface area contributed by atoms with Gasteiger partial charge >= 0.3 is 0 Å². The van der Waals surface area contributed by atoms with Crippen molar-refractivity contribution >= 4 is 5.82 Å². The zero-order chi connectivity index (χ0) is 10.7. The van der Waals surface area contributed by atoms with E-state index < -0.39 is 5.60 Å². The van der Waals surface area contributed by atoms with Gasteiger partial charge in [0.2, 0.25) is 5.88 Å². The van der Waals surface area contributed by atoms with Crippen molar-refractivity contribution in [2.75, 3.05) is 19.0 Å². The first-order valence-electron chi connectivity index (χ1n) is 5.19. The Hall–Kier alpha value is -1.29. The van der Waals surface area contributed by atoms with Gasteiger partial charge in [-0.15, -0.1) is 0 Å². The Bertz CT molecular complexity index is 337. The average molecular weight is 208 g/mol. The molecule has 0 bridgehead atoms. The van der Waals surface area contributed by atoms with Crippen LogP contribution in [0.25, 0.3) is 0 Å². The third-order valence-corrected chi connectivity index (χ3v) is 2.82. The first kappa shape index (κ1) is 10.2. The van der Waals surface area contributed by atoms with Crippen LogP contribution in [-0.4, -0.2) is 29.3 Å². The van der Waals surface area contributed by atoms with E-state index in [1.165, 1.54) is 0 Å². The Labute approximate surface area is 89.3 Å². The third kappa shape index (κ3) is 2.39. The molecular weight excluding hydrogens is 192 g/mol. The van der Waals surface area contributed by atoms with Crippen LogP contribution < -0.4 is 10.1 Å². The molecule has 0 spiro atoms. The van der Waals surface area contributed by atoms with Gasteiger partial charge < -0.3 is 15.2 Å². The van der Waals surface area contributed by atoms with Gasteiger partial charge in [0.05, 0.1) is 12.7 Å². The summed E-state index contributed by atoms with van der Waals surface area (Å²) >= 11 is 0. The Morgan fingerprint density at radius 1 is 1.53 bits per heavy atom.